The van der Waals surface area contributed by atoms with E-state index in [0.29, 0.717) is 61.7 Å². The average molecular weight is 562 g/mol. The molecule has 1 amide bonds. The molecule has 0 saturated carbocycles. The van der Waals surface area contributed by atoms with E-state index in [0.717, 1.165) is 25.9 Å². The van der Waals surface area contributed by atoms with Crippen LogP contribution < -0.4 is 9.30 Å². The first-order chi connectivity index (χ1) is 16.8. The predicted molar refractivity (Wildman–Crippen MR) is 132 cm³/mol. The van der Waals surface area contributed by atoms with Gasteiger partial charge in [-0.15, -0.1) is 0 Å². The minimum Gasteiger partial charge on any atom is -0.340 e. The number of carbonyl (C=O) groups is 1. The molecule has 1 N–H and O–H groups in total. The van der Waals surface area contributed by atoms with Crippen molar-refractivity contribution in [2.24, 2.45) is 7.05 Å². The molecule has 0 spiro atoms. The van der Waals surface area contributed by atoms with Gasteiger partial charge in [-0.05, 0) is 58.1 Å². The molecule has 1 aliphatic carbocycles. The van der Waals surface area contributed by atoms with Crippen molar-refractivity contribution in [1.29, 1.82) is 0 Å². The van der Waals surface area contributed by atoms with Crippen molar-refractivity contribution in [1.82, 2.24) is 9.80 Å². The van der Waals surface area contributed by atoms with Crippen molar-refractivity contribution in [3.63, 3.8) is 0 Å². The van der Waals surface area contributed by atoms with Crippen LogP contribution in [-0.2, 0) is 31.1 Å². The standard InChI is InChI=1S/C26H27BrClFN4O2/c1-30-6-4-17(5-7-30)12-23(34)31-8-10-32(11-9-31)26-24-18(14-21(28)15-22(24)29)2-3-19-13-20(27)16-33(35)25(19)26/h4-7,13-16,26,35H,2-3,8-12H2,1H3/q+2. The Balaban J connectivity index is 1.43. The van der Waals surface area contributed by atoms with E-state index in [2.05, 4.69) is 20.8 Å². The summed E-state index contributed by atoms with van der Waals surface area (Å²) in [5, 5.41) is 11.3. The first-order valence-electron chi connectivity index (χ1n) is 11.7. The molecular formula is C26H27BrClFN4O2+2. The van der Waals surface area contributed by atoms with Gasteiger partial charge in [0.25, 0.3) is 5.69 Å². The molecule has 1 unspecified atom stereocenters. The maximum absolute atomic E-state index is 15.4. The van der Waals surface area contributed by atoms with Gasteiger partial charge in [-0.1, -0.05) is 11.6 Å². The summed E-state index contributed by atoms with van der Waals surface area (Å²) in [5.74, 6) is -0.289. The number of fused-ring (bicyclic) bond motifs is 2. The Morgan fingerprint density at radius 2 is 1.83 bits per heavy atom. The van der Waals surface area contributed by atoms with Gasteiger partial charge in [0, 0.05) is 59.2 Å². The lowest BCUT2D eigenvalue weighted by Crippen LogP contribution is -2.52. The quantitative estimate of drug-likeness (QED) is 0.395. The number of carbonyl (C=O) groups excluding carboxylic acids is 1. The summed E-state index contributed by atoms with van der Waals surface area (Å²) in [4.78, 5) is 17.0. The van der Waals surface area contributed by atoms with Gasteiger partial charge >= 0.3 is 0 Å². The third-order valence-electron chi connectivity index (χ3n) is 6.94. The number of piperazine rings is 1. The molecule has 5 rings (SSSR count). The van der Waals surface area contributed by atoms with E-state index < -0.39 is 6.04 Å². The minimum atomic E-state index is -0.482. The van der Waals surface area contributed by atoms with Gasteiger partial charge in [0.15, 0.2) is 12.4 Å². The van der Waals surface area contributed by atoms with Crippen molar-refractivity contribution in [3.05, 3.63) is 92.2 Å². The second kappa shape index (κ2) is 9.84. The predicted octanol–water partition coefficient (Wildman–Crippen LogP) is 3.17. The van der Waals surface area contributed by atoms with Gasteiger partial charge < -0.3 is 4.90 Å². The van der Waals surface area contributed by atoms with E-state index in [1.165, 1.54) is 6.07 Å². The van der Waals surface area contributed by atoms with Crippen molar-refractivity contribution >= 4 is 33.4 Å². The number of benzene rings is 1. The van der Waals surface area contributed by atoms with E-state index in [9.17, 15) is 10.0 Å². The highest BCUT2D eigenvalue weighted by molar-refractivity contribution is 9.10. The fraction of sp³-hybridized carbons (Fsp3) is 0.346. The third kappa shape index (κ3) is 4.92. The summed E-state index contributed by atoms with van der Waals surface area (Å²) in [6, 6.07) is 8.59. The molecular weight excluding hydrogens is 535 g/mol. The highest BCUT2D eigenvalue weighted by atomic mass is 79.9. The third-order valence-corrected chi connectivity index (χ3v) is 7.60. The van der Waals surface area contributed by atoms with Crippen molar-refractivity contribution < 1.29 is 23.7 Å². The number of nitrogens with zero attached hydrogens (tertiary/aromatic N) is 4. The van der Waals surface area contributed by atoms with Gasteiger partial charge in [-0.25, -0.2) is 8.96 Å². The first kappa shape index (κ1) is 24.2. The Bertz CT molecular complexity index is 1220. The molecule has 0 bridgehead atoms. The Morgan fingerprint density at radius 3 is 2.54 bits per heavy atom. The van der Waals surface area contributed by atoms with Crippen LogP contribution in [0.4, 0.5) is 4.39 Å². The van der Waals surface area contributed by atoms with E-state index >= 15 is 4.39 Å². The first-order valence-corrected chi connectivity index (χ1v) is 12.8. The molecule has 2 aromatic heterocycles. The number of amides is 1. The lowest BCUT2D eigenvalue weighted by molar-refractivity contribution is -0.911. The highest BCUT2D eigenvalue weighted by Crippen LogP contribution is 2.39. The van der Waals surface area contributed by atoms with Crippen LogP contribution in [0.3, 0.4) is 0 Å². The normalized spacial score (nSPS) is 18.1. The highest BCUT2D eigenvalue weighted by Gasteiger charge is 2.40. The summed E-state index contributed by atoms with van der Waals surface area (Å²) in [6.45, 7) is 2.21. The lowest BCUT2D eigenvalue weighted by Gasteiger charge is -2.38. The molecule has 35 heavy (non-hydrogen) atoms. The van der Waals surface area contributed by atoms with Gasteiger partial charge in [-0.3, -0.25) is 14.9 Å². The minimum absolute atomic E-state index is 0.0827. The van der Waals surface area contributed by atoms with Gasteiger partial charge in [0.05, 0.1) is 10.9 Å². The molecule has 1 atom stereocenters. The molecule has 1 saturated heterocycles. The Kier molecular flexibility index (Phi) is 6.79. The van der Waals surface area contributed by atoms with E-state index in [4.69, 9.17) is 11.6 Å². The summed E-state index contributed by atoms with van der Waals surface area (Å²) in [7, 11) is 1.94. The molecule has 3 heterocycles. The number of hydrogen-bond donors (Lipinski definition) is 1. The number of aryl methyl sites for hydroxylation is 3. The largest absolute Gasteiger partial charge is 0.340 e. The molecule has 1 aliphatic heterocycles. The van der Waals surface area contributed by atoms with Crippen LogP contribution >= 0.6 is 27.5 Å². The molecule has 9 heteroatoms. The van der Waals surface area contributed by atoms with Crippen LogP contribution in [0.5, 0.6) is 0 Å². The maximum atomic E-state index is 15.4. The Morgan fingerprint density at radius 1 is 1.14 bits per heavy atom. The summed E-state index contributed by atoms with van der Waals surface area (Å²) < 4.78 is 19.2. The Hall–Kier alpha value is -2.55. The smallest absolute Gasteiger partial charge is 0.259 e. The zero-order valence-corrected chi connectivity index (χ0v) is 21.8. The van der Waals surface area contributed by atoms with Crippen LogP contribution in [0.15, 0.2) is 53.4 Å². The number of rotatable bonds is 3. The molecule has 0 radical (unpaired) electrons. The van der Waals surface area contributed by atoms with E-state index in [1.54, 1.807) is 6.20 Å². The lowest BCUT2D eigenvalue weighted by atomic mass is 9.95. The second-order valence-corrected chi connectivity index (χ2v) is 10.6. The van der Waals surface area contributed by atoms with Crippen LogP contribution in [0, 0.1) is 5.82 Å². The van der Waals surface area contributed by atoms with E-state index in [1.807, 2.05) is 53.2 Å². The van der Waals surface area contributed by atoms with Gasteiger partial charge in [-0.2, -0.15) is 0 Å². The zero-order chi connectivity index (χ0) is 24.7. The van der Waals surface area contributed by atoms with E-state index in [-0.39, 0.29) is 11.7 Å². The summed E-state index contributed by atoms with van der Waals surface area (Å²) in [5.41, 5.74) is 3.99. The second-order valence-electron chi connectivity index (χ2n) is 9.24. The molecule has 2 aliphatic rings. The summed E-state index contributed by atoms with van der Waals surface area (Å²) >= 11 is 9.67. The number of aromatic nitrogens is 2. The molecule has 1 aromatic carbocycles. The van der Waals surface area contributed by atoms with Crippen LogP contribution in [0.1, 0.15) is 34.0 Å². The maximum Gasteiger partial charge on any atom is 0.259 e. The number of hydrogen-bond acceptors (Lipinski definition) is 3. The molecule has 1 fully saturated rings. The Labute approximate surface area is 217 Å². The van der Waals surface area contributed by atoms with Crippen molar-refractivity contribution in [2.75, 3.05) is 26.2 Å². The molecule has 182 valence electrons. The molecule has 6 nitrogen and oxygen atoms in total. The average Bonchev–Trinajstić information content (AvgIpc) is 2.98. The monoisotopic (exact) mass is 560 g/mol. The zero-order valence-electron chi connectivity index (χ0n) is 19.4. The fourth-order valence-electron chi connectivity index (χ4n) is 5.19. The number of halogens is 3. The molecule has 3 aromatic rings. The number of pyridine rings is 2. The van der Waals surface area contributed by atoms with Gasteiger partial charge in [0.2, 0.25) is 12.1 Å². The van der Waals surface area contributed by atoms with Crippen LogP contribution in [-0.4, -0.2) is 47.1 Å². The van der Waals surface area contributed by atoms with Crippen molar-refractivity contribution in [3.8, 4) is 0 Å². The van der Waals surface area contributed by atoms with Gasteiger partial charge in [0.1, 0.15) is 18.9 Å². The van der Waals surface area contributed by atoms with Crippen LogP contribution in [0.25, 0.3) is 0 Å². The summed E-state index contributed by atoms with van der Waals surface area (Å²) in [6.07, 6.45) is 7.10. The van der Waals surface area contributed by atoms with Crippen molar-refractivity contribution in [2.45, 2.75) is 25.3 Å². The topological polar surface area (TPSA) is 51.5 Å². The SMILES string of the molecule is C[n+]1ccc(CC(=O)N2CCN(C3c4c(F)cc(Cl)cc4CCc4cc(Br)c[n+](O)c43)CC2)cc1. The fourth-order valence-corrected chi connectivity index (χ4v) is 5.89. The van der Waals surface area contributed by atoms with Crippen LogP contribution in [0.2, 0.25) is 5.02 Å².